The summed E-state index contributed by atoms with van der Waals surface area (Å²) in [5, 5.41) is 7.84. The first-order valence-corrected chi connectivity index (χ1v) is 24.4. The summed E-state index contributed by atoms with van der Waals surface area (Å²) in [4.78, 5) is 0. The van der Waals surface area contributed by atoms with Gasteiger partial charge >= 0.3 is 6.92 Å². The second-order valence-corrected chi connectivity index (χ2v) is 20.8. The molecule has 3 nitrogen and oxygen atoms in total. The molecule has 0 atom stereocenters. The molecule has 0 bridgehead atoms. The van der Waals surface area contributed by atoms with Crippen molar-refractivity contribution in [2.45, 2.75) is 0 Å². The molecule has 13 rings (SSSR count). The van der Waals surface area contributed by atoms with Crippen LogP contribution in [0.1, 0.15) is 0 Å². The van der Waals surface area contributed by atoms with Crippen LogP contribution in [-0.2, 0) is 0 Å². The number of hydrogen-bond donors (Lipinski definition) is 0. The molecule has 65 heavy (non-hydrogen) atoms. The van der Waals surface area contributed by atoms with Gasteiger partial charge in [0.05, 0.1) is 16.7 Å². The highest BCUT2D eigenvalue weighted by atomic mass is 28.3. The van der Waals surface area contributed by atoms with E-state index in [1.54, 1.807) is 0 Å². The van der Waals surface area contributed by atoms with E-state index in [1.165, 1.54) is 48.1 Å². The average molecular weight is 846 g/mol. The maximum absolute atomic E-state index is 7.22. The Balaban J connectivity index is 0.936. The van der Waals surface area contributed by atoms with Crippen molar-refractivity contribution >= 4 is 68.5 Å². The van der Waals surface area contributed by atoms with Crippen molar-refractivity contribution in [1.29, 1.82) is 0 Å². The SMILES string of the molecule is c1ccc([Si](c2ccccc2)(c2ccccc2)c2ccccc2-c2ccc3c(c2)Oc2cccc4c2B3Oc2cc(-c3ccccc3-n3c5ccccc5c5ccccc53)ccc2-4)cc1. The van der Waals surface area contributed by atoms with Gasteiger partial charge in [-0.25, -0.2) is 0 Å². The van der Waals surface area contributed by atoms with E-state index in [2.05, 4.69) is 247 Å². The van der Waals surface area contributed by atoms with Gasteiger partial charge in [0.2, 0.25) is 0 Å². The number of para-hydroxylation sites is 3. The van der Waals surface area contributed by atoms with Gasteiger partial charge < -0.3 is 14.0 Å². The van der Waals surface area contributed by atoms with E-state index < -0.39 is 8.07 Å². The molecule has 304 valence electrons. The van der Waals surface area contributed by atoms with Crippen molar-refractivity contribution in [3.63, 3.8) is 0 Å². The van der Waals surface area contributed by atoms with Crippen LogP contribution >= 0.6 is 0 Å². The third-order valence-electron chi connectivity index (χ3n) is 13.7. The Morgan fingerprint density at radius 2 is 0.892 bits per heavy atom. The molecule has 0 saturated heterocycles. The Morgan fingerprint density at radius 3 is 1.57 bits per heavy atom. The van der Waals surface area contributed by atoms with Crippen molar-refractivity contribution in [2.24, 2.45) is 0 Å². The van der Waals surface area contributed by atoms with Gasteiger partial charge in [0.25, 0.3) is 0 Å². The number of fused-ring (bicyclic) bond motifs is 7. The van der Waals surface area contributed by atoms with Crippen LogP contribution < -0.4 is 41.1 Å². The minimum Gasteiger partial charge on any atom is -0.551 e. The normalized spacial score (nSPS) is 12.5. The molecule has 5 heteroatoms. The molecule has 2 aliphatic heterocycles. The van der Waals surface area contributed by atoms with Crippen LogP contribution in [0.3, 0.4) is 0 Å². The molecule has 0 amide bonds. The van der Waals surface area contributed by atoms with Gasteiger partial charge in [-0.3, -0.25) is 0 Å². The average Bonchev–Trinajstić information content (AvgIpc) is 3.72. The Hall–Kier alpha value is -8.12. The van der Waals surface area contributed by atoms with Crippen LogP contribution in [-0.4, -0.2) is 19.6 Å². The minimum absolute atomic E-state index is 0.337. The van der Waals surface area contributed by atoms with E-state index in [1.807, 2.05) is 0 Å². The van der Waals surface area contributed by atoms with Gasteiger partial charge in [-0.15, -0.1) is 0 Å². The lowest BCUT2D eigenvalue weighted by Gasteiger charge is -2.36. The van der Waals surface area contributed by atoms with Gasteiger partial charge in [0.1, 0.15) is 17.2 Å². The van der Waals surface area contributed by atoms with Crippen molar-refractivity contribution in [1.82, 2.24) is 4.57 Å². The largest absolute Gasteiger partial charge is 0.551 e. The van der Waals surface area contributed by atoms with E-state index in [4.69, 9.17) is 9.39 Å². The Kier molecular flexibility index (Phi) is 8.65. The molecule has 0 fully saturated rings. The molecule has 0 radical (unpaired) electrons. The molecule has 3 heterocycles. The number of hydrogen-bond acceptors (Lipinski definition) is 2. The molecular formula is C60H40BNO2Si. The third kappa shape index (κ3) is 5.76. The fourth-order valence-electron chi connectivity index (χ4n) is 10.9. The maximum atomic E-state index is 7.22. The second kappa shape index (κ2) is 15.0. The molecule has 0 unspecified atom stereocenters. The molecule has 2 aliphatic rings. The summed E-state index contributed by atoms with van der Waals surface area (Å²) in [6.07, 6.45) is 0. The van der Waals surface area contributed by atoms with E-state index in [-0.39, 0.29) is 6.92 Å². The zero-order valence-electron chi connectivity index (χ0n) is 35.4. The highest BCUT2D eigenvalue weighted by molar-refractivity contribution is 7.20. The van der Waals surface area contributed by atoms with Crippen LogP contribution in [0, 0.1) is 0 Å². The second-order valence-electron chi connectivity index (χ2n) is 17.1. The van der Waals surface area contributed by atoms with E-state index in [9.17, 15) is 0 Å². The lowest BCUT2D eigenvalue weighted by Crippen LogP contribution is -2.75. The summed E-state index contributed by atoms with van der Waals surface area (Å²) >= 11 is 0. The summed E-state index contributed by atoms with van der Waals surface area (Å²) < 4.78 is 16.5. The van der Waals surface area contributed by atoms with Crippen LogP contribution in [0.15, 0.2) is 243 Å². The summed E-state index contributed by atoms with van der Waals surface area (Å²) in [6, 6.07) is 88.3. The lowest BCUT2D eigenvalue weighted by molar-refractivity contribution is 0.479. The first kappa shape index (κ1) is 37.4. The lowest BCUT2D eigenvalue weighted by atomic mass is 9.51. The highest BCUT2D eigenvalue weighted by Crippen LogP contribution is 2.43. The highest BCUT2D eigenvalue weighted by Gasteiger charge is 2.44. The first-order chi connectivity index (χ1) is 32.3. The third-order valence-corrected chi connectivity index (χ3v) is 18.5. The fourth-order valence-corrected chi connectivity index (χ4v) is 15.9. The number of aromatic nitrogens is 1. The summed E-state index contributed by atoms with van der Waals surface area (Å²) in [5.74, 6) is 2.51. The Morgan fingerprint density at radius 1 is 0.369 bits per heavy atom. The molecule has 10 aromatic carbocycles. The molecule has 0 spiro atoms. The summed E-state index contributed by atoms with van der Waals surface area (Å²) in [5.41, 5.74) is 12.3. The van der Waals surface area contributed by atoms with Crippen LogP contribution in [0.2, 0.25) is 0 Å². The van der Waals surface area contributed by atoms with Crippen LogP contribution in [0.25, 0.3) is 60.9 Å². The zero-order valence-corrected chi connectivity index (χ0v) is 36.4. The number of benzene rings is 10. The van der Waals surface area contributed by atoms with E-state index in [0.717, 1.165) is 61.7 Å². The van der Waals surface area contributed by atoms with Gasteiger partial charge in [-0.2, -0.15) is 0 Å². The molecule has 0 N–H and O–H groups in total. The van der Waals surface area contributed by atoms with Gasteiger partial charge in [0.15, 0.2) is 8.07 Å². The standard InChI is InChI=1S/C60H40BNO2Si/c1-4-19-43(20-5-1)65(44-21-6-2-7-22-44,45-23-8-3-9-24-45)59-34-17-13-26-47(59)42-36-38-52-58(40-42)63-56-33-18-29-51-50-37-35-41(39-57(50)64-61(52)60(51)56)46-25-10-14-30-53(46)62-54-31-15-11-27-48(54)49-28-12-16-32-55(49)62/h1-40H. The summed E-state index contributed by atoms with van der Waals surface area (Å²) in [6.45, 7) is -0.337. The quantitative estimate of drug-likeness (QED) is 0.118. The van der Waals surface area contributed by atoms with Gasteiger partial charge in [0, 0.05) is 32.8 Å². The topological polar surface area (TPSA) is 23.4 Å². The maximum Gasteiger partial charge on any atom is 0.434 e. The molecule has 1 aromatic heterocycles. The van der Waals surface area contributed by atoms with Gasteiger partial charge in [-0.1, -0.05) is 206 Å². The number of rotatable bonds is 7. The van der Waals surface area contributed by atoms with Crippen LogP contribution in [0.4, 0.5) is 0 Å². The smallest absolute Gasteiger partial charge is 0.434 e. The molecule has 0 saturated carbocycles. The van der Waals surface area contributed by atoms with E-state index >= 15 is 0 Å². The van der Waals surface area contributed by atoms with Crippen molar-refractivity contribution in [3.05, 3.63) is 243 Å². The van der Waals surface area contributed by atoms with Gasteiger partial charge in [-0.05, 0) is 79.4 Å². The summed E-state index contributed by atoms with van der Waals surface area (Å²) in [7, 11) is -2.83. The zero-order chi connectivity index (χ0) is 42.9. The molecule has 11 aromatic rings. The predicted octanol–water partition coefficient (Wildman–Crippen LogP) is 10.8. The minimum atomic E-state index is -2.83. The van der Waals surface area contributed by atoms with Crippen molar-refractivity contribution < 1.29 is 9.39 Å². The first-order valence-electron chi connectivity index (χ1n) is 22.4. The fraction of sp³-hybridized carbons (Fsp3) is 0. The monoisotopic (exact) mass is 845 g/mol. The predicted molar refractivity (Wildman–Crippen MR) is 273 cm³/mol. The van der Waals surface area contributed by atoms with E-state index in [0.29, 0.717) is 0 Å². The van der Waals surface area contributed by atoms with Crippen LogP contribution in [0.5, 0.6) is 17.2 Å². The Labute approximate surface area is 379 Å². The Bertz CT molecular complexity index is 3470. The number of nitrogens with zero attached hydrogens (tertiary/aromatic N) is 1. The molecular weight excluding hydrogens is 806 g/mol. The van der Waals surface area contributed by atoms with Crippen molar-refractivity contribution in [3.8, 4) is 56.3 Å². The number of ether oxygens (including phenoxy) is 1. The molecule has 0 aliphatic carbocycles. The van der Waals surface area contributed by atoms with Crippen molar-refractivity contribution in [2.75, 3.05) is 0 Å².